The van der Waals surface area contributed by atoms with Crippen LogP contribution in [0.15, 0.2) is 36.5 Å². The summed E-state index contributed by atoms with van der Waals surface area (Å²) in [6, 6.07) is 9.55. The van der Waals surface area contributed by atoms with E-state index in [-0.39, 0.29) is 11.9 Å². The van der Waals surface area contributed by atoms with E-state index in [4.69, 9.17) is 5.10 Å². The summed E-state index contributed by atoms with van der Waals surface area (Å²) in [6.07, 6.45) is 2.05. The van der Waals surface area contributed by atoms with Crippen molar-refractivity contribution in [3.8, 4) is 11.3 Å². The van der Waals surface area contributed by atoms with Crippen molar-refractivity contribution in [1.82, 2.24) is 20.1 Å². The number of anilines is 1. The number of amides is 1. The molecule has 2 aliphatic heterocycles. The van der Waals surface area contributed by atoms with Crippen LogP contribution in [0, 0.1) is 0 Å². The van der Waals surface area contributed by atoms with Crippen molar-refractivity contribution in [2.45, 2.75) is 44.3 Å². The minimum atomic E-state index is -0.993. The van der Waals surface area contributed by atoms with E-state index in [1.807, 2.05) is 48.9 Å². The van der Waals surface area contributed by atoms with Gasteiger partial charge < -0.3 is 10.6 Å². The summed E-state index contributed by atoms with van der Waals surface area (Å²) >= 11 is 0. The maximum Gasteiger partial charge on any atom is 0.236 e. The lowest BCUT2D eigenvalue weighted by Crippen LogP contribution is -2.39. The van der Waals surface area contributed by atoms with E-state index in [9.17, 15) is 9.18 Å². The van der Waals surface area contributed by atoms with Gasteiger partial charge in [-0.3, -0.25) is 9.48 Å². The fraction of sp³-hybridized carbons (Fsp3) is 0.409. The van der Waals surface area contributed by atoms with Crippen molar-refractivity contribution in [2.24, 2.45) is 0 Å². The van der Waals surface area contributed by atoms with Gasteiger partial charge in [0.1, 0.15) is 17.7 Å². The average molecular weight is 393 g/mol. The number of piperidine rings is 1. The average Bonchev–Trinajstić information content (AvgIpc) is 3.24. The molecule has 1 saturated heterocycles. The standard InChI is InChI=1S/C22H24FN5O/c1-3-22(2)18-14(8-11-25-20(18)26-21(22)29)19-13-6-4-5-7-16(13)28(27-19)17-9-10-24-12-15(17)23/h4-8,11,15,17,24H,3,9-10,12H2,1-2H3,(H,25,26,29)/t15-,17+,22+/m0/s1. The lowest BCUT2D eigenvalue weighted by Gasteiger charge is -2.27. The number of para-hydroxylation sites is 1. The van der Waals surface area contributed by atoms with Gasteiger partial charge in [-0.05, 0) is 38.4 Å². The normalized spacial score (nSPS) is 26.5. The molecule has 5 rings (SSSR count). The molecule has 7 heteroatoms. The van der Waals surface area contributed by atoms with Gasteiger partial charge in [0.05, 0.1) is 17.0 Å². The molecule has 0 aliphatic carbocycles. The zero-order valence-corrected chi connectivity index (χ0v) is 16.6. The van der Waals surface area contributed by atoms with Crippen LogP contribution in [-0.4, -0.2) is 39.9 Å². The second-order valence-electron chi connectivity index (χ2n) is 8.11. The molecule has 0 radical (unpaired) electrons. The topological polar surface area (TPSA) is 71.8 Å². The van der Waals surface area contributed by atoms with Crippen LogP contribution in [-0.2, 0) is 10.2 Å². The van der Waals surface area contributed by atoms with Crippen LogP contribution in [0.4, 0.5) is 10.2 Å². The van der Waals surface area contributed by atoms with E-state index in [0.717, 1.165) is 34.3 Å². The number of aromatic nitrogens is 3. The molecule has 3 aromatic rings. The van der Waals surface area contributed by atoms with E-state index in [0.29, 0.717) is 25.2 Å². The molecule has 2 aromatic heterocycles. The third-order valence-electron chi connectivity index (χ3n) is 6.50. The van der Waals surface area contributed by atoms with Crippen molar-refractivity contribution < 1.29 is 9.18 Å². The van der Waals surface area contributed by atoms with Crippen LogP contribution in [0.2, 0.25) is 0 Å². The largest absolute Gasteiger partial charge is 0.314 e. The molecule has 0 bridgehead atoms. The fourth-order valence-corrected chi connectivity index (χ4v) is 4.63. The highest BCUT2D eigenvalue weighted by Crippen LogP contribution is 2.45. The summed E-state index contributed by atoms with van der Waals surface area (Å²) in [5, 5.41) is 11.9. The highest BCUT2D eigenvalue weighted by molar-refractivity contribution is 6.08. The van der Waals surface area contributed by atoms with Gasteiger partial charge in [0, 0.05) is 29.3 Å². The second-order valence-corrected chi connectivity index (χ2v) is 8.11. The Morgan fingerprint density at radius 2 is 2.14 bits per heavy atom. The quantitative estimate of drug-likeness (QED) is 0.713. The molecule has 150 valence electrons. The fourth-order valence-electron chi connectivity index (χ4n) is 4.63. The minimum absolute atomic E-state index is 0.0409. The van der Waals surface area contributed by atoms with Crippen molar-refractivity contribution in [3.63, 3.8) is 0 Å². The number of halogens is 1. The Hall–Kier alpha value is -2.80. The number of hydrogen-bond acceptors (Lipinski definition) is 4. The number of hydrogen-bond donors (Lipinski definition) is 2. The Morgan fingerprint density at radius 3 is 2.93 bits per heavy atom. The van der Waals surface area contributed by atoms with Gasteiger partial charge in [-0.15, -0.1) is 0 Å². The monoisotopic (exact) mass is 393 g/mol. The smallest absolute Gasteiger partial charge is 0.236 e. The highest BCUT2D eigenvalue weighted by Gasteiger charge is 2.44. The summed E-state index contributed by atoms with van der Waals surface area (Å²) < 4.78 is 16.6. The Balaban J connectivity index is 1.75. The molecule has 1 amide bonds. The van der Waals surface area contributed by atoms with Crippen LogP contribution >= 0.6 is 0 Å². The number of fused-ring (bicyclic) bond motifs is 2. The summed E-state index contributed by atoms with van der Waals surface area (Å²) in [4.78, 5) is 17.1. The van der Waals surface area contributed by atoms with Crippen LogP contribution < -0.4 is 10.6 Å². The van der Waals surface area contributed by atoms with E-state index >= 15 is 0 Å². The SMILES string of the molecule is CC[C@@]1(C)C(=O)Nc2nccc(-c3nn([C@@H]4CCNC[C@@H]4F)c4ccccc34)c21. The molecular weight excluding hydrogens is 369 g/mol. The Labute approximate surface area is 168 Å². The molecule has 6 nitrogen and oxygen atoms in total. The summed E-state index contributed by atoms with van der Waals surface area (Å²) in [5.74, 6) is 0.557. The minimum Gasteiger partial charge on any atom is -0.314 e. The maximum atomic E-state index is 14.7. The molecule has 0 spiro atoms. The zero-order valence-electron chi connectivity index (χ0n) is 16.6. The molecule has 0 unspecified atom stereocenters. The van der Waals surface area contributed by atoms with Gasteiger partial charge in [-0.1, -0.05) is 25.1 Å². The molecule has 2 N–H and O–H groups in total. The van der Waals surface area contributed by atoms with Crippen LogP contribution in [0.3, 0.4) is 0 Å². The first-order valence-electron chi connectivity index (χ1n) is 10.2. The number of carbonyl (C=O) groups excluding carboxylic acids is 1. The first kappa shape index (κ1) is 18.2. The van der Waals surface area contributed by atoms with E-state index in [1.54, 1.807) is 6.20 Å². The lowest BCUT2D eigenvalue weighted by atomic mass is 9.79. The number of pyridine rings is 1. The molecule has 0 saturated carbocycles. The third kappa shape index (κ3) is 2.60. The maximum absolute atomic E-state index is 14.7. The van der Waals surface area contributed by atoms with Crippen molar-refractivity contribution in [3.05, 3.63) is 42.1 Å². The number of alkyl halides is 1. The van der Waals surface area contributed by atoms with Crippen molar-refractivity contribution in [2.75, 3.05) is 18.4 Å². The molecule has 1 aromatic carbocycles. The first-order chi connectivity index (χ1) is 14.0. The molecule has 29 heavy (non-hydrogen) atoms. The summed E-state index contributed by atoms with van der Waals surface area (Å²) in [6.45, 7) is 5.06. The second kappa shape index (κ2) is 6.62. The molecule has 2 aliphatic rings. The van der Waals surface area contributed by atoms with Gasteiger partial charge in [0.25, 0.3) is 0 Å². The van der Waals surface area contributed by atoms with Gasteiger partial charge in [0.2, 0.25) is 5.91 Å². The van der Waals surface area contributed by atoms with E-state index in [2.05, 4.69) is 15.6 Å². The van der Waals surface area contributed by atoms with Crippen molar-refractivity contribution in [1.29, 1.82) is 0 Å². The number of nitrogens with one attached hydrogen (secondary N) is 2. The van der Waals surface area contributed by atoms with E-state index < -0.39 is 11.6 Å². The highest BCUT2D eigenvalue weighted by atomic mass is 19.1. The van der Waals surface area contributed by atoms with Crippen LogP contribution in [0.25, 0.3) is 22.2 Å². The number of carbonyl (C=O) groups is 1. The summed E-state index contributed by atoms with van der Waals surface area (Å²) in [7, 11) is 0. The Morgan fingerprint density at radius 1 is 1.31 bits per heavy atom. The molecular formula is C22H24FN5O. The van der Waals surface area contributed by atoms with Gasteiger partial charge in [0.15, 0.2) is 0 Å². The van der Waals surface area contributed by atoms with Crippen molar-refractivity contribution >= 4 is 22.6 Å². The van der Waals surface area contributed by atoms with Crippen LogP contribution in [0.5, 0.6) is 0 Å². The third-order valence-corrected chi connectivity index (χ3v) is 6.50. The molecule has 1 fully saturated rings. The van der Waals surface area contributed by atoms with Gasteiger partial charge >= 0.3 is 0 Å². The van der Waals surface area contributed by atoms with E-state index in [1.165, 1.54) is 0 Å². The summed E-state index contributed by atoms with van der Waals surface area (Å²) in [5.41, 5.74) is 2.79. The number of nitrogens with zero attached hydrogens (tertiary/aromatic N) is 3. The zero-order chi connectivity index (χ0) is 20.2. The Kier molecular flexibility index (Phi) is 4.17. The predicted octanol–water partition coefficient (Wildman–Crippen LogP) is 3.59. The van der Waals surface area contributed by atoms with Gasteiger partial charge in [-0.25, -0.2) is 9.37 Å². The predicted molar refractivity (Wildman–Crippen MR) is 111 cm³/mol. The van der Waals surface area contributed by atoms with Crippen LogP contribution in [0.1, 0.15) is 38.3 Å². The molecule has 3 atom stereocenters. The van der Waals surface area contributed by atoms with Gasteiger partial charge in [-0.2, -0.15) is 5.10 Å². The number of rotatable bonds is 3. The number of benzene rings is 1. The first-order valence-corrected chi connectivity index (χ1v) is 10.2. The Bertz CT molecular complexity index is 1110. The lowest BCUT2D eigenvalue weighted by molar-refractivity contribution is -0.120. The molecule has 4 heterocycles.